The zero-order valence-corrected chi connectivity index (χ0v) is 18.6. The lowest BCUT2D eigenvalue weighted by Gasteiger charge is -2.15. The molecule has 1 heterocycles. The second-order valence-corrected chi connectivity index (χ2v) is 9.11. The zero-order valence-electron chi connectivity index (χ0n) is 16.9. The molecule has 2 rings (SSSR count). The van der Waals surface area contributed by atoms with E-state index in [1.165, 1.54) is 20.1 Å². The van der Waals surface area contributed by atoms with Gasteiger partial charge in [-0.2, -0.15) is 4.72 Å². The Kier molecular flexibility index (Phi) is 8.63. The Hall–Kier alpha value is -2.63. The van der Waals surface area contributed by atoms with E-state index >= 15 is 0 Å². The van der Waals surface area contributed by atoms with E-state index in [1.807, 2.05) is 6.92 Å². The number of ether oxygens (including phenoxy) is 2. The van der Waals surface area contributed by atoms with Crippen LogP contribution in [0.15, 0.2) is 39.9 Å². The lowest BCUT2D eigenvalue weighted by molar-refractivity contribution is -0.123. The minimum Gasteiger partial charge on any atom is -0.493 e. The highest BCUT2D eigenvalue weighted by molar-refractivity contribution is 7.91. The third-order valence-electron chi connectivity index (χ3n) is 3.91. The Morgan fingerprint density at radius 3 is 2.57 bits per heavy atom. The summed E-state index contributed by atoms with van der Waals surface area (Å²) in [4.78, 5) is 23.8. The number of benzene rings is 1. The molecule has 1 aromatic carbocycles. The van der Waals surface area contributed by atoms with Gasteiger partial charge in [-0.1, -0.05) is 12.1 Å². The topological polar surface area (TPSA) is 123 Å². The Labute approximate surface area is 179 Å². The Balaban J connectivity index is 1.93. The van der Waals surface area contributed by atoms with Crippen molar-refractivity contribution in [3.05, 3.63) is 41.3 Å². The Morgan fingerprint density at radius 2 is 1.93 bits per heavy atom. The second-order valence-electron chi connectivity index (χ2n) is 6.22. The van der Waals surface area contributed by atoms with Crippen molar-refractivity contribution in [1.82, 2.24) is 15.4 Å². The molecule has 11 heteroatoms. The number of hydrogen-bond donors (Lipinski definition) is 3. The highest BCUT2D eigenvalue weighted by Gasteiger charge is 2.22. The highest BCUT2D eigenvalue weighted by atomic mass is 32.2. The molecule has 1 aromatic heterocycles. The molecule has 0 bridgehead atoms. The normalized spacial score (nSPS) is 12.1. The van der Waals surface area contributed by atoms with Gasteiger partial charge in [-0.3, -0.25) is 9.59 Å². The molecular formula is C19H25N3O6S2. The highest BCUT2D eigenvalue weighted by Crippen LogP contribution is 2.28. The van der Waals surface area contributed by atoms with Crippen LogP contribution < -0.4 is 24.8 Å². The van der Waals surface area contributed by atoms with Crippen LogP contribution in [-0.4, -0.2) is 46.5 Å². The quantitative estimate of drug-likeness (QED) is 0.469. The first-order valence-corrected chi connectivity index (χ1v) is 11.5. The van der Waals surface area contributed by atoms with Crippen molar-refractivity contribution in [3.63, 3.8) is 0 Å². The summed E-state index contributed by atoms with van der Waals surface area (Å²) in [5.41, 5.74) is 0.721. The summed E-state index contributed by atoms with van der Waals surface area (Å²) in [6.07, 6.45) is 0. The summed E-state index contributed by atoms with van der Waals surface area (Å²) in [7, 11) is -2.27. The van der Waals surface area contributed by atoms with E-state index < -0.39 is 22.0 Å². The van der Waals surface area contributed by atoms with E-state index in [-0.39, 0.29) is 23.3 Å². The van der Waals surface area contributed by atoms with Gasteiger partial charge in [0.05, 0.1) is 13.2 Å². The van der Waals surface area contributed by atoms with Crippen LogP contribution in [0.3, 0.4) is 0 Å². The van der Waals surface area contributed by atoms with Gasteiger partial charge in [-0.15, -0.1) is 11.3 Å². The van der Waals surface area contributed by atoms with E-state index in [4.69, 9.17) is 9.47 Å². The summed E-state index contributed by atoms with van der Waals surface area (Å²) >= 11 is 1.07. The van der Waals surface area contributed by atoms with Crippen LogP contribution in [0.1, 0.15) is 19.4 Å². The fourth-order valence-electron chi connectivity index (χ4n) is 2.44. The lowest BCUT2D eigenvalue weighted by Crippen LogP contribution is -2.44. The van der Waals surface area contributed by atoms with Crippen molar-refractivity contribution in [2.75, 3.05) is 20.3 Å². The van der Waals surface area contributed by atoms with Gasteiger partial charge in [-0.25, -0.2) is 8.42 Å². The largest absolute Gasteiger partial charge is 0.493 e. The molecule has 3 N–H and O–H groups in total. The molecule has 1 atom stereocenters. The van der Waals surface area contributed by atoms with Crippen LogP contribution in [0.4, 0.5) is 0 Å². The number of rotatable bonds is 11. The van der Waals surface area contributed by atoms with Gasteiger partial charge in [0, 0.05) is 13.1 Å². The average Bonchev–Trinajstić information content (AvgIpc) is 3.26. The van der Waals surface area contributed by atoms with Gasteiger partial charge in [0.15, 0.2) is 18.1 Å². The van der Waals surface area contributed by atoms with Crippen molar-refractivity contribution in [2.24, 2.45) is 0 Å². The Bertz CT molecular complexity index is 961. The Morgan fingerprint density at radius 1 is 1.17 bits per heavy atom. The average molecular weight is 456 g/mol. The number of hydrogen-bond acceptors (Lipinski definition) is 7. The van der Waals surface area contributed by atoms with Crippen molar-refractivity contribution < 1.29 is 27.5 Å². The molecule has 9 nitrogen and oxygen atoms in total. The first kappa shape index (κ1) is 23.6. The molecule has 0 spiro atoms. The minimum absolute atomic E-state index is 0.137. The van der Waals surface area contributed by atoms with E-state index in [0.29, 0.717) is 18.0 Å². The molecule has 1 unspecified atom stereocenters. The SMILES string of the molecule is CCNC(=O)COc1ccc(CNC(=O)C(C)NS(=O)(=O)c2cccs2)cc1OC. The summed E-state index contributed by atoms with van der Waals surface area (Å²) in [5, 5.41) is 6.96. The molecule has 0 aliphatic rings. The van der Waals surface area contributed by atoms with Crippen LogP contribution >= 0.6 is 11.3 Å². The number of thiophene rings is 1. The first-order chi connectivity index (χ1) is 14.3. The molecule has 0 radical (unpaired) electrons. The molecule has 0 saturated heterocycles. The third kappa shape index (κ3) is 6.71. The molecule has 2 aromatic rings. The number of carbonyl (C=O) groups excluding carboxylic acids is 2. The van der Waals surface area contributed by atoms with E-state index in [1.54, 1.807) is 29.6 Å². The zero-order chi connectivity index (χ0) is 22.1. The molecule has 0 fully saturated rings. The van der Waals surface area contributed by atoms with Gasteiger partial charge < -0.3 is 20.1 Å². The second kappa shape index (κ2) is 11.0. The van der Waals surface area contributed by atoms with Gasteiger partial charge >= 0.3 is 0 Å². The smallest absolute Gasteiger partial charge is 0.257 e. The molecular weight excluding hydrogens is 430 g/mol. The molecule has 0 saturated carbocycles. The van der Waals surface area contributed by atoms with Gasteiger partial charge in [0.2, 0.25) is 5.91 Å². The van der Waals surface area contributed by atoms with Crippen molar-refractivity contribution in [2.45, 2.75) is 30.6 Å². The van der Waals surface area contributed by atoms with E-state index in [2.05, 4.69) is 15.4 Å². The van der Waals surface area contributed by atoms with Gasteiger partial charge in [0.25, 0.3) is 15.9 Å². The molecule has 0 aliphatic heterocycles. The van der Waals surface area contributed by atoms with Crippen LogP contribution in [-0.2, 0) is 26.2 Å². The third-order valence-corrected chi connectivity index (χ3v) is 6.85. The number of nitrogens with one attached hydrogen (secondary N) is 3. The van der Waals surface area contributed by atoms with E-state index in [9.17, 15) is 18.0 Å². The predicted molar refractivity (Wildman–Crippen MR) is 113 cm³/mol. The monoisotopic (exact) mass is 455 g/mol. The maximum Gasteiger partial charge on any atom is 0.257 e. The molecule has 0 aliphatic carbocycles. The molecule has 164 valence electrons. The summed E-state index contributed by atoms with van der Waals surface area (Å²) < 4.78 is 37.7. The summed E-state index contributed by atoms with van der Waals surface area (Å²) in [6, 6.07) is 7.19. The maximum atomic E-state index is 12.3. The number of likely N-dealkylation sites (N-methyl/N-ethyl adjacent to an activating group) is 1. The number of methoxy groups -OCH3 is 1. The fraction of sp³-hybridized carbons (Fsp3) is 0.368. The number of carbonyl (C=O) groups is 2. The molecule has 2 amide bonds. The number of sulfonamides is 1. The van der Waals surface area contributed by atoms with Crippen LogP contribution in [0.2, 0.25) is 0 Å². The standard InChI is InChI=1S/C19H25N3O6S2/c1-4-20-17(23)12-28-15-8-7-14(10-16(15)27-3)11-21-19(24)13(2)22-30(25,26)18-6-5-9-29-18/h5-10,13,22H,4,11-12H2,1-3H3,(H,20,23)(H,21,24). The van der Waals surface area contributed by atoms with Crippen molar-refractivity contribution in [1.29, 1.82) is 0 Å². The summed E-state index contributed by atoms with van der Waals surface area (Å²) in [5.74, 6) is 0.106. The predicted octanol–water partition coefficient (Wildman–Crippen LogP) is 1.25. The summed E-state index contributed by atoms with van der Waals surface area (Å²) in [6.45, 7) is 3.83. The fourth-order valence-corrected chi connectivity index (χ4v) is 4.65. The van der Waals surface area contributed by atoms with Gasteiger partial charge in [0.1, 0.15) is 4.21 Å². The van der Waals surface area contributed by atoms with Crippen LogP contribution in [0.5, 0.6) is 11.5 Å². The number of amides is 2. The van der Waals surface area contributed by atoms with Gasteiger partial charge in [-0.05, 0) is 43.0 Å². The van der Waals surface area contributed by atoms with Crippen molar-refractivity contribution >= 4 is 33.2 Å². The lowest BCUT2D eigenvalue weighted by atomic mass is 10.2. The maximum absolute atomic E-state index is 12.3. The first-order valence-electron chi connectivity index (χ1n) is 9.16. The van der Waals surface area contributed by atoms with Crippen molar-refractivity contribution in [3.8, 4) is 11.5 Å². The molecule has 30 heavy (non-hydrogen) atoms. The minimum atomic E-state index is -3.74. The van der Waals surface area contributed by atoms with E-state index in [0.717, 1.165) is 16.9 Å². The van der Waals surface area contributed by atoms with Crippen LogP contribution in [0, 0.1) is 0 Å². The van der Waals surface area contributed by atoms with Crippen LogP contribution in [0.25, 0.3) is 0 Å².